The molecule has 0 unspecified atom stereocenters. The molecule has 0 bridgehead atoms. The number of halogens is 1. The lowest BCUT2D eigenvalue weighted by Crippen LogP contribution is -2.30. The highest BCUT2D eigenvalue weighted by Gasteiger charge is 2.42. The number of rotatable bonds is 7. The summed E-state index contributed by atoms with van der Waals surface area (Å²) in [4.78, 5) is 6.61. The van der Waals surface area contributed by atoms with Gasteiger partial charge in [0, 0.05) is 40.6 Å². The summed E-state index contributed by atoms with van der Waals surface area (Å²) in [5.74, 6) is 0.371. The lowest BCUT2D eigenvalue weighted by atomic mass is 10.0. The molecule has 0 aliphatic carbocycles. The molecule has 8 nitrogen and oxygen atoms in total. The Labute approximate surface area is 225 Å². The summed E-state index contributed by atoms with van der Waals surface area (Å²) in [6.45, 7) is 0. The Kier molecular flexibility index (Phi) is 6.80. The summed E-state index contributed by atoms with van der Waals surface area (Å²) >= 11 is 12.1. The molecule has 0 spiro atoms. The maximum atomic E-state index is 11.8. The van der Waals surface area contributed by atoms with Gasteiger partial charge in [-0.3, -0.25) is 9.71 Å². The Hall–Kier alpha value is -3.60. The molecule has 5 rings (SSSR count). The number of methoxy groups -OCH3 is 1. The van der Waals surface area contributed by atoms with Crippen LogP contribution in [0.5, 0.6) is 5.75 Å². The van der Waals surface area contributed by atoms with Crippen LogP contribution in [0.15, 0.2) is 85.2 Å². The first-order valence-electron chi connectivity index (χ1n) is 11.3. The number of benzene rings is 2. The van der Waals surface area contributed by atoms with E-state index in [9.17, 15) is 8.42 Å². The molecular weight excluding hydrogens is 530 g/mol. The Morgan fingerprint density at radius 1 is 1.05 bits per heavy atom. The van der Waals surface area contributed by atoms with E-state index >= 15 is 0 Å². The molecule has 4 aromatic rings. The van der Waals surface area contributed by atoms with Crippen molar-refractivity contribution in [1.82, 2.24) is 14.9 Å². The minimum atomic E-state index is -3.49. The summed E-state index contributed by atoms with van der Waals surface area (Å²) in [5, 5.41) is 4.58. The number of hydrogen-bond acceptors (Lipinski definition) is 5. The third-order valence-electron chi connectivity index (χ3n) is 6.03. The van der Waals surface area contributed by atoms with Gasteiger partial charge in [-0.1, -0.05) is 23.7 Å². The van der Waals surface area contributed by atoms with Crippen molar-refractivity contribution in [3.63, 3.8) is 0 Å². The first-order valence-corrected chi connectivity index (χ1v) is 14.0. The first kappa shape index (κ1) is 25.1. The number of aromatic nitrogens is 2. The van der Waals surface area contributed by atoms with Gasteiger partial charge in [-0.05, 0) is 66.8 Å². The molecule has 11 heteroatoms. The van der Waals surface area contributed by atoms with Crippen molar-refractivity contribution >= 4 is 50.3 Å². The molecule has 3 heterocycles. The van der Waals surface area contributed by atoms with Crippen LogP contribution in [-0.4, -0.2) is 36.4 Å². The maximum absolute atomic E-state index is 11.8. The monoisotopic (exact) mass is 553 g/mol. The van der Waals surface area contributed by atoms with E-state index in [1.165, 1.54) is 7.11 Å². The molecule has 1 fully saturated rings. The van der Waals surface area contributed by atoms with Crippen LogP contribution >= 0.6 is 23.8 Å². The topological polar surface area (TPSA) is 88.5 Å². The normalized spacial score (nSPS) is 17.5. The van der Waals surface area contributed by atoms with Gasteiger partial charge < -0.3 is 19.5 Å². The number of pyridine rings is 1. The smallest absolute Gasteiger partial charge is 0.229 e. The molecule has 2 atom stereocenters. The van der Waals surface area contributed by atoms with E-state index in [-0.39, 0.29) is 12.1 Å². The van der Waals surface area contributed by atoms with Gasteiger partial charge in [0.05, 0.1) is 30.8 Å². The van der Waals surface area contributed by atoms with Gasteiger partial charge in [-0.15, -0.1) is 0 Å². The highest BCUT2D eigenvalue weighted by molar-refractivity contribution is 7.92. The van der Waals surface area contributed by atoms with Crippen LogP contribution < -0.4 is 19.7 Å². The van der Waals surface area contributed by atoms with Gasteiger partial charge in [0.15, 0.2) is 5.11 Å². The highest BCUT2D eigenvalue weighted by atomic mass is 35.5. The van der Waals surface area contributed by atoms with Crippen LogP contribution in [0.2, 0.25) is 5.02 Å². The van der Waals surface area contributed by atoms with Crippen LogP contribution in [0.4, 0.5) is 11.4 Å². The number of anilines is 2. The second-order valence-corrected chi connectivity index (χ2v) is 11.1. The van der Waals surface area contributed by atoms with Crippen molar-refractivity contribution in [2.45, 2.75) is 12.1 Å². The van der Waals surface area contributed by atoms with E-state index in [0.29, 0.717) is 21.6 Å². The van der Waals surface area contributed by atoms with Crippen molar-refractivity contribution in [2.24, 2.45) is 0 Å². The van der Waals surface area contributed by atoms with Crippen molar-refractivity contribution in [3.8, 4) is 11.4 Å². The quantitative estimate of drug-likeness (QED) is 0.308. The minimum absolute atomic E-state index is 0.263. The fourth-order valence-electron chi connectivity index (χ4n) is 4.54. The summed E-state index contributed by atoms with van der Waals surface area (Å²) in [6.07, 6.45) is 4.83. The summed E-state index contributed by atoms with van der Waals surface area (Å²) in [5.41, 5.74) is 3.78. The van der Waals surface area contributed by atoms with Gasteiger partial charge in [0.25, 0.3) is 0 Å². The van der Waals surface area contributed by atoms with E-state index in [4.69, 9.17) is 28.6 Å². The molecule has 2 aromatic heterocycles. The Bertz CT molecular complexity index is 1560. The first-order chi connectivity index (χ1) is 17.7. The van der Waals surface area contributed by atoms with Gasteiger partial charge >= 0.3 is 0 Å². The second-order valence-electron chi connectivity index (χ2n) is 8.54. The summed E-state index contributed by atoms with van der Waals surface area (Å²) in [7, 11) is -2.00. The van der Waals surface area contributed by atoms with E-state index in [1.807, 2.05) is 71.8 Å². The van der Waals surface area contributed by atoms with Gasteiger partial charge in [-0.25, -0.2) is 8.42 Å². The average Bonchev–Trinajstić information content (AvgIpc) is 3.48. The highest BCUT2D eigenvalue weighted by Crippen LogP contribution is 2.44. The van der Waals surface area contributed by atoms with Crippen molar-refractivity contribution < 1.29 is 13.2 Å². The fraction of sp³-hybridized carbons (Fsp3) is 0.154. The van der Waals surface area contributed by atoms with Crippen LogP contribution in [0, 0.1) is 0 Å². The van der Waals surface area contributed by atoms with Crippen LogP contribution in [0.25, 0.3) is 5.69 Å². The number of sulfonamides is 1. The lowest BCUT2D eigenvalue weighted by Gasteiger charge is -2.29. The summed E-state index contributed by atoms with van der Waals surface area (Å²) in [6, 6.07) is 22.1. The van der Waals surface area contributed by atoms with Crippen molar-refractivity contribution in [3.05, 3.63) is 102 Å². The predicted molar refractivity (Wildman–Crippen MR) is 150 cm³/mol. The third kappa shape index (κ3) is 5.13. The molecule has 0 radical (unpaired) electrons. The largest absolute Gasteiger partial charge is 0.494 e. The van der Waals surface area contributed by atoms with Crippen LogP contribution in [0.3, 0.4) is 0 Å². The average molecular weight is 554 g/mol. The zero-order chi connectivity index (χ0) is 26.2. The molecule has 0 saturated carbocycles. The zero-order valence-corrected chi connectivity index (χ0v) is 22.4. The minimum Gasteiger partial charge on any atom is -0.494 e. The molecule has 37 heavy (non-hydrogen) atoms. The molecule has 1 aliphatic rings. The lowest BCUT2D eigenvalue weighted by molar-refractivity contribution is 0.417. The van der Waals surface area contributed by atoms with Crippen LogP contribution in [0.1, 0.15) is 23.5 Å². The van der Waals surface area contributed by atoms with Gasteiger partial charge in [0.1, 0.15) is 11.8 Å². The molecule has 1 saturated heterocycles. The summed E-state index contributed by atoms with van der Waals surface area (Å²) < 4.78 is 33.8. The number of ether oxygens (including phenoxy) is 1. The second kappa shape index (κ2) is 10.0. The van der Waals surface area contributed by atoms with Crippen LogP contribution in [-0.2, 0) is 10.0 Å². The Balaban J connectivity index is 1.65. The van der Waals surface area contributed by atoms with E-state index in [0.717, 1.165) is 29.0 Å². The third-order valence-corrected chi connectivity index (χ3v) is 7.17. The fourth-order valence-corrected chi connectivity index (χ4v) is 5.64. The Morgan fingerprint density at radius 3 is 2.59 bits per heavy atom. The SMILES string of the molecule is COc1cc(N2C(=S)N[C@H](c3ccccn3)[C@@H]2c2cccn2-c2cccc(Cl)c2)ccc1NS(C)(=O)=O. The van der Waals surface area contributed by atoms with Gasteiger partial charge in [-0.2, -0.15) is 0 Å². The van der Waals surface area contributed by atoms with Gasteiger partial charge in [0.2, 0.25) is 10.0 Å². The predicted octanol–water partition coefficient (Wildman–Crippen LogP) is 5.08. The molecule has 1 aliphatic heterocycles. The zero-order valence-electron chi connectivity index (χ0n) is 20.0. The molecule has 2 N–H and O–H groups in total. The number of nitrogens with one attached hydrogen (secondary N) is 2. The number of hydrogen-bond donors (Lipinski definition) is 2. The maximum Gasteiger partial charge on any atom is 0.229 e. The molecular formula is C26H24ClN5O3S2. The van der Waals surface area contributed by atoms with Crippen molar-refractivity contribution in [2.75, 3.05) is 23.0 Å². The molecule has 2 aromatic carbocycles. The number of thiocarbonyl (C=S) groups is 1. The van der Waals surface area contributed by atoms with E-state index in [2.05, 4.69) is 19.6 Å². The standard InChI is InChI=1S/C26H24ClN5O3S2/c1-35-23-16-19(11-12-20(23)30-37(2,33)34)32-25(24(29-26(32)36)21-9-3-4-13-28-21)22-10-6-14-31(22)18-8-5-7-17(27)15-18/h3-16,24-25,30H,1-2H3,(H,29,36)/t24-,25+/m1/s1. The van der Waals surface area contributed by atoms with E-state index < -0.39 is 10.0 Å². The van der Waals surface area contributed by atoms with E-state index in [1.54, 1.807) is 18.3 Å². The molecule has 190 valence electrons. The van der Waals surface area contributed by atoms with Crippen molar-refractivity contribution in [1.29, 1.82) is 0 Å². The molecule has 0 amide bonds. The number of nitrogens with zero attached hydrogens (tertiary/aromatic N) is 3. The Morgan fingerprint density at radius 2 is 1.89 bits per heavy atom.